The Morgan fingerprint density at radius 1 is 1.32 bits per heavy atom. The van der Waals surface area contributed by atoms with E-state index in [9.17, 15) is 4.79 Å². The number of hydrogen-bond donors (Lipinski definition) is 0. The summed E-state index contributed by atoms with van der Waals surface area (Å²) in [5.41, 5.74) is 2.59. The van der Waals surface area contributed by atoms with Crippen LogP contribution in [0.1, 0.15) is 48.1 Å². The summed E-state index contributed by atoms with van der Waals surface area (Å²) in [6.07, 6.45) is 6.35. The first kappa shape index (κ1) is 18.4. The fourth-order valence-electron chi connectivity index (χ4n) is 3.78. The number of likely N-dealkylation sites (tertiary alicyclic amines) is 1. The first-order valence-corrected chi connectivity index (χ1v) is 9.67. The Morgan fingerprint density at radius 3 is 2.96 bits per heavy atom. The van der Waals surface area contributed by atoms with Crippen molar-refractivity contribution in [2.24, 2.45) is 0 Å². The Balaban J connectivity index is 1.46. The number of aromatic nitrogens is 3. The van der Waals surface area contributed by atoms with Crippen molar-refractivity contribution in [3.8, 4) is 11.3 Å². The zero-order chi connectivity index (χ0) is 19.5. The van der Waals surface area contributed by atoms with Crippen molar-refractivity contribution in [1.82, 2.24) is 20.0 Å². The molecule has 0 spiro atoms. The minimum absolute atomic E-state index is 0.157. The van der Waals surface area contributed by atoms with Gasteiger partial charge in [-0.05, 0) is 38.8 Å². The summed E-state index contributed by atoms with van der Waals surface area (Å²) in [5, 5.41) is 3.97. The van der Waals surface area contributed by atoms with Crippen molar-refractivity contribution in [3.05, 3.63) is 53.6 Å². The molecule has 7 nitrogen and oxygen atoms in total. The van der Waals surface area contributed by atoms with Crippen LogP contribution in [-0.2, 0) is 11.2 Å². The van der Waals surface area contributed by atoms with Gasteiger partial charge >= 0.3 is 0 Å². The second-order valence-corrected chi connectivity index (χ2v) is 7.35. The fraction of sp³-hybridized carbons (Fsp3) is 0.429. The molecule has 1 amide bonds. The van der Waals surface area contributed by atoms with Crippen molar-refractivity contribution in [3.63, 3.8) is 0 Å². The van der Waals surface area contributed by atoms with Crippen LogP contribution in [0.2, 0.25) is 0 Å². The molecule has 3 aromatic heterocycles. The van der Waals surface area contributed by atoms with Crippen molar-refractivity contribution in [2.75, 3.05) is 13.1 Å². The minimum atomic E-state index is 0.157. The highest BCUT2D eigenvalue weighted by Crippen LogP contribution is 2.33. The molecule has 1 fully saturated rings. The van der Waals surface area contributed by atoms with Gasteiger partial charge in [0, 0.05) is 44.1 Å². The van der Waals surface area contributed by atoms with Gasteiger partial charge in [0.05, 0.1) is 17.0 Å². The van der Waals surface area contributed by atoms with Crippen LogP contribution in [0.5, 0.6) is 0 Å². The van der Waals surface area contributed by atoms with E-state index in [0.717, 1.165) is 47.9 Å². The molecule has 0 radical (unpaired) electrons. The molecule has 1 atom stereocenters. The third kappa shape index (κ3) is 3.98. The number of nitrogens with zero attached hydrogens (tertiary/aromatic N) is 4. The third-order valence-corrected chi connectivity index (χ3v) is 5.18. The predicted octanol–water partition coefficient (Wildman–Crippen LogP) is 3.68. The first-order valence-electron chi connectivity index (χ1n) is 9.67. The van der Waals surface area contributed by atoms with Crippen LogP contribution in [0.25, 0.3) is 11.3 Å². The number of amides is 1. The molecule has 1 aliphatic rings. The van der Waals surface area contributed by atoms with E-state index in [4.69, 9.17) is 8.94 Å². The standard InChI is InChI=1S/C21H24N4O3/c1-14-10-19(28-24-14)18-11-22-13-23-21(18)16-4-3-9-25(12-16)20(26)8-7-17-6-5-15(2)27-17/h5-6,10-11,13,16H,3-4,7-9,12H2,1-2H3/t16-/m0/s1. The highest BCUT2D eigenvalue weighted by Gasteiger charge is 2.28. The van der Waals surface area contributed by atoms with Gasteiger partial charge in [0.2, 0.25) is 5.91 Å². The van der Waals surface area contributed by atoms with Gasteiger partial charge in [0.1, 0.15) is 17.8 Å². The largest absolute Gasteiger partial charge is 0.466 e. The van der Waals surface area contributed by atoms with E-state index in [1.807, 2.05) is 36.9 Å². The van der Waals surface area contributed by atoms with Crippen molar-refractivity contribution >= 4 is 5.91 Å². The third-order valence-electron chi connectivity index (χ3n) is 5.18. The quantitative estimate of drug-likeness (QED) is 0.671. The van der Waals surface area contributed by atoms with Crippen LogP contribution >= 0.6 is 0 Å². The molecule has 3 aromatic rings. The SMILES string of the molecule is Cc1cc(-c2cncnc2[C@H]2CCCN(C(=O)CCc3ccc(C)o3)C2)on1. The van der Waals surface area contributed by atoms with Crippen molar-refractivity contribution < 1.29 is 13.7 Å². The maximum absolute atomic E-state index is 12.7. The highest BCUT2D eigenvalue weighted by atomic mass is 16.5. The summed E-state index contributed by atoms with van der Waals surface area (Å²) in [7, 11) is 0. The Labute approximate surface area is 163 Å². The van der Waals surface area contributed by atoms with Crippen LogP contribution < -0.4 is 0 Å². The number of piperidine rings is 1. The summed E-state index contributed by atoms with van der Waals surface area (Å²) >= 11 is 0. The summed E-state index contributed by atoms with van der Waals surface area (Å²) in [4.78, 5) is 23.4. The lowest BCUT2D eigenvalue weighted by Gasteiger charge is -2.33. The van der Waals surface area contributed by atoms with Gasteiger partial charge in [-0.25, -0.2) is 9.97 Å². The predicted molar refractivity (Wildman–Crippen MR) is 103 cm³/mol. The van der Waals surface area contributed by atoms with Crippen LogP contribution in [0, 0.1) is 13.8 Å². The molecular weight excluding hydrogens is 356 g/mol. The van der Waals surface area contributed by atoms with E-state index in [1.54, 1.807) is 12.5 Å². The molecule has 0 aliphatic carbocycles. The van der Waals surface area contributed by atoms with Gasteiger partial charge < -0.3 is 13.8 Å². The minimum Gasteiger partial charge on any atom is -0.466 e. The highest BCUT2D eigenvalue weighted by molar-refractivity contribution is 5.76. The Hall–Kier alpha value is -2.96. The number of hydrogen-bond acceptors (Lipinski definition) is 6. The van der Waals surface area contributed by atoms with Gasteiger partial charge in [-0.15, -0.1) is 0 Å². The molecule has 28 heavy (non-hydrogen) atoms. The van der Waals surface area contributed by atoms with Gasteiger partial charge in [-0.1, -0.05) is 5.16 Å². The summed E-state index contributed by atoms with van der Waals surface area (Å²) in [6.45, 7) is 5.25. The van der Waals surface area contributed by atoms with Crippen LogP contribution in [-0.4, -0.2) is 39.0 Å². The van der Waals surface area contributed by atoms with Gasteiger partial charge in [0.15, 0.2) is 5.76 Å². The van der Waals surface area contributed by atoms with Gasteiger partial charge in [-0.3, -0.25) is 4.79 Å². The smallest absolute Gasteiger partial charge is 0.223 e. The molecule has 0 aromatic carbocycles. The summed E-state index contributed by atoms with van der Waals surface area (Å²) in [6, 6.07) is 5.76. The Bertz CT molecular complexity index is 962. The summed E-state index contributed by atoms with van der Waals surface area (Å²) < 4.78 is 11.0. The van der Waals surface area contributed by atoms with E-state index in [-0.39, 0.29) is 11.8 Å². The molecule has 0 saturated carbocycles. The van der Waals surface area contributed by atoms with E-state index in [0.29, 0.717) is 25.1 Å². The molecule has 7 heteroatoms. The average molecular weight is 380 g/mol. The molecule has 0 unspecified atom stereocenters. The lowest BCUT2D eigenvalue weighted by molar-refractivity contribution is -0.132. The molecular formula is C21H24N4O3. The fourth-order valence-corrected chi connectivity index (χ4v) is 3.78. The van der Waals surface area contributed by atoms with Crippen molar-refractivity contribution in [2.45, 2.75) is 45.4 Å². The number of furan rings is 1. The Morgan fingerprint density at radius 2 is 2.21 bits per heavy atom. The number of rotatable bonds is 5. The zero-order valence-corrected chi connectivity index (χ0v) is 16.2. The average Bonchev–Trinajstić information content (AvgIpc) is 3.34. The zero-order valence-electron chi connectivity index (χ0n) is 16.2. The lowest BCUT2D eigenvalue weighted by atomic mass is 9.91. The van der Waals surface area contributed by atoms with Gasteiger partial charge in [-0.2, -0.15) is 0 Å². The van der Waals surface area contributed by atoms with Crippen LogP contribution in [0.15, 0.2) is 39.7 Å². The number of carbonyl (C=O) groups is 1. The van der Waals surface area contributed by atoms with E-state index in [1.165, 1.54) is 0 Å². The Kier molecular flexibility index (Phi) is 5.23. The maximum Gasteiger partial charge on any atom is 0.223 e. The topological polar surface area (TPSA) is 85.3 Å². The first-order chi connectivity index (χ1) is 13.6. The van der Waals surface area contributed by atoms with E-state index >= 15 is 0 Å². The molecule has 4 rings (SSSR count). The van der Waals surface area contributed by atoms with Crippen LogP contribution in [0.4, 0.5) is 0 Å². The molecule has 146 valence electrons. The van der Waals surface area contributed by atoms with Crippen molar-refractivity contribution in [1.29, 1.82) is 0 Å². The van der Waals surface area contributed by atoms with Gasteiger partial charge in [0.25, 0.3) is 0 Å². The molecule has 1 aliphatic heterocycles. The monoisotopic (exact) mass is 380 g/mol. The van der Waals surface area contributed by atoms with E-state index in [2.05, 4.69) is 15.1 Å². The number of aryl methyl sites for hydroxylation is 3. The molecule has 0 N–H and O–H groups in total. The second-order valence-electron chi connectivity index (χ2n) is 7.35. The second kappa shape index (κ2) is 7.96. The summed E-state index contributed by atoms with van der Waals surface area (Å²) in [5.74, 6) is 2.72. The lowest BCUT2D eigenvalue weighted by Crippen LogP contribution is -2.39. The normalized spacial score (nSPS) is 17.1. The molecule has 0 bridgehead atoms. The van der Waals surface area contributed by atoms with Crippen LogP contribution in [0.3, 0.4) is 0 Å². The number of carbonyl (C=O) groups excluding carboxylic acids is 1. The molecule has 1 saturated heterocycles. The maximum atomic E-state index is 12.7. The molecule has 4 heterocycles. The van der Waals surface area contributed by atoms with E-state index < -0.39 is 0 Å².